The predicted molar refractivity (Wildman–Crippen MR) is 72.3 cm³/mol. The first-order chi connectivity index (χ1) is 8.66. The van der Waals surface area contributed by atoms with Gasteiger partial charge in [-0.05, 0) is 56.2 Å². The Morgan fingerprint density at radius 3 is 2.50 bits per heavy atom. The molecule has 3 heteroatoms. The number of hydrogen-bond donors (Lipinski definition) is 1. The lowest BCUT2D eigenvalue weighted by Crippen LogP contribution is -2.30. The van der Waals surface area contributed by atoms with Crippen molar-refractivity contribution in [3.63, 3.8) is 0 Å². The molecule has 0 unspecified atom stereocenters. The van der Waals surface area contributed by atoms with Gasteiger partial charge in [-0.3, -0.25) is 0 Å². The van der Waals surface area contributed by atoms with Crippen molar-refractivity contribution in [2.24, 2.45) is 5.73 Å². The van der Waals surface area contributed by atoms with Crippen LogP contribution in [0.5, 0.6) is 0 Å². The molecule has 0 atom stereocenters. The molecule has 1 aromatic carbocycles. The average molecular weight is 248 g/mol. The SMILES string of the molecule is NC1(Cc2ccc(N3CCCCC3)c(F)c2)CC1. The summed E-state index contributed by atoms with van der Waals surface area (Å²) in [4.78, 5) is 2.16. The highest BCUT2D eigenvalue weighted by Crippen LogP contribution is 2.36. The van der Waals surface area contributed by atoms with Gasteiger partial charge in [0.2, 0.25) is 0 Å². The standard InChI is InChI=1S/C15H21FN2/c16-13-10-12(11-15(17)6-7-15)4-5-14(13)18-8-2-1-3-9-18/h4-5,10H,1-3,6-9,11,17H2. The first-order valence-electron chi connectivity index (χ1n) is 6.99. The van der Waals surface area contributed by atoms with Gasteiger partial charge in [-0.25, -0.2) is 4.39 Å². The summed E-state index contributed by atoms with van der Waals surface area (Å²) in [5, 5.41) is 0. The van der Waals surface area contributed by atoms with Crippen LogP contribution in [0, 0.1) is 5.82 Å². The topological polar surface area (TPSA) is 29.3 Å². The van der Waals surface area contributed by atoms with Gasteiger partial charge in [0, 0.05) is 18.6 Å². The van der Waals surface area contributed by atoms with Gasteiger partial charge in [0.05, 0.1) is 5.69 Å². The summed E-state index contributed by atoms with van der Waals surface area (Å²) >= 11 is 0. The molecule has 2 N–H and O–H groups in total. The van der Waals surface area contributed by atoms with Crippen LogP contribution in [0.15, 0.2) is 18.2 Å². The zero-order valence-electron chi connectivity index (χ0n) is 10.8. The second-order valence-electron chi connectivity index (χ2n) is 5.87. The Morgan fingerprint density at radius 2 is 1.89 bits per heavy atom. The van der Waals surface area contributed by atoms with Crippen molar-refractivity contribution in [1.82, 2.24) is 0 Å². The van der Waals surface area contributed by atoms with E-state index in [1.54, 1.807) is 6.07 Å². The van der Waals surface area contributed by atoms with E-state index in [1.165, 1.54) is 19.3 Å². The molecule has 0 aromatic heterocycles. The molecule has 1 aromatic rings. The minimum Gasteiger partial charge on any atom is -0.369 e. The summed E-state index contributed by atoms with van der Waals surface area (Å²) in [5.41, 5.74) is 7.83. The first-order valence-corrected chi connectivity index (χ1v) is 6.99. The van der Waals surface area contributed by atoms with Gasteiger partial charge in [0.1, 0.15) is 5.82 Å². The zero-order chi connectivity index (χ0) is 12.6. The van der Waals surface area contributed by atoms with Gasteiger partial charge in [0.25, 0.3) is 0 Å². The summed E-state index contributed by atoms with van der Waals surface area (Å²) < 4.78 is 14.1. The van der Waals surface area contributed by atoms with E-state index < -0.39 is 0 Å². The maximum atomic E-state index is 14.1. The third-order valence-electron chi connectivity index (χ3n) is 4.16. The molecule has 1 saturated carbocycles. The van der Waals surface area contributed by atoms with Crippen LogP contribution in [-0.4, -0.2) is 18.6 Å². The second kappa shape index (κ2) is 4.54. The lowest BCUT2D eigenvalue weighted by molar-refractivity contribution is 0.555. The Hall–Kier alpha value is -1.09. The molecule has 1 saturated heterocycles. The number of anilines is 1. The van der Waals surface area contributed by atoms with Crippen LogP contribution in [-0.2, 0) is 6.42 Å². The van der Waals surface area contributed by atoms with Crippen molar-refractivity contribution in [2.75, 3.05) is 18.0 Å². The first kappa shape index (κ1) is 12.0. The van der Waals surface area contributed by atoms with Crippen LogP contribution < -0.4 is 10.6 Å². The monoisotopic (exact) mass is 248 g/mol. The van der Waals surface area contributed by atoms with E-state index in [2.05, 4.69) is 4.90 Å². The van der Waals surface area contributed by atoms with Gasteiger partial charge in [0.15, 0.2) is 0 Å². The molecule has 1 aliphatic carbocycles. The molecular formula is C15H21FN2. The molecule has 0 radical (unpaired) electrons. The number of benzene rings is 1. The summed E-state index contributed by atoms with van der Waals surface area (Å²) in [6, 6.07) is 5.65. The number of nitrogens with two attached hydrogens (primary N) is 1. The number of halogens is 1. The van der Waals surface area contributed by atoms with Crippen LogP contribution in [0.1, 0.15) is 37.7 Å². The van der Waals surface area contributed by atoms with Gasteiger partial charge in [-0.2, -0.15) is 0 Å². The average Bonchev–Trinajstić information content (AvgIpc) is 3.08. The van der Waals surface area contributed by atoms with Crippen molar-refractivity contribution in [1.29, 1.82) is 0 Å². The molecule has 3 rings (SSSR count). The molecule has 2 aliphatic rings. The lowest BCUT2D eigenvalue weighted by Gasteiger charge is -2.29. The normalized spacial score (nSPS) is 22.0. The molecule has 0 bridgehead atoms. The maximum absolute atomic E-state index is 14.1. The van der Waals surface area contributed by atoms with E-state index in [0.29, 0.717) is 0 Å². The zero-order valence-corrected chi connectivity index (χ0v) is 10.8. The Bertz CT molecular complexity index is 434. The summed E-state index contributed by atoms with van der Waals surface area (Å²) in [7, 11) is 0. The van der Waals surface area contributed by atoms with E-state index in [-0.39, 0.29) is 11.4 Å². The molecule has 2 fully saturated rings. The van der Waals surface area contributed by atoms with Gasteiger partial charge in [-0.15, -0.1) is 0 Å². The van der Waals surface area contributed by atoms with Crippen molar-refractivity contribution in [3.8, 4) is 0 Å². The van der Waals surface area contributed by atoms with E-state index in [0.717, 1.165) is 43.6 Å². The minimum atomic E-state index is -0.0846. The molecule has 0 spiro atoms. The van der Waals surface area contributed by atoms with Crippen molar-refractivity contribution in [3.05, 3.63) is 29.6 Å². The van der Waals surface area contributed by atoms with Crippen LogP contribution in [0.2, 0.25) is 0 Å². The largest absolute Gasteiger partial charge is 0.369 e. The Balaban J connectivity index is 1.75. The van der Waals surface area contributed by atoms with Crippen LogP contribution in [0.4, 0.5) is 10.1 Å². The minimum absolute atomic E-state index is 0.0426. The smallest absolute Gasteiger partial charge is 0.146 e. The van der Waals surface area contributed by atoms with Crippen LogP contribution in [0.25, 0.3) is 0 Å². The molecule has 2 nitrogen and oxygen atoms in total. The van der Waals surface area contributed by atoms with E-state index >= 15 is 0 Å². The second-order valence-corrected chi connectivity index (χ2v) is 5.87. The number of hydrogen-bond acceptors (Lipinski definition) is 2. The fraction of sp³-hybridized carbons (Fsp3) is 0.600. The third-order valence-corrected chi connectivity index (χ3v) is 4.16. The lowest BCUT2D eigenvalue weighted by atomic mass is 10.0. The van der Waals surface area contributed by atoms with Gasteiger partial charge >= 0.3 is 0 Å². The Kier molecular flexibility index (Phi) is 3.02. The molecular weight excluding hydrogens is 227 g/mol. The molecule has 0 amide bonds. The summed E-state index contributed by atoms with van der Waals surface area (Å²) in [6.07, 6.45) is 6.57. The van der Waals surface area contributed by atoms with Gasteiger partial charge in [-0.1, -0.05) is 6.07 Å². The number of piperidine rings is 1. The number of nitrogens with zero attached hydrogens (tertiary/aromatic N) is 1. The van der Waals surface area contributed by atoms with Crippen molar-refractivity contribution < 1.29 is 4.39 Å². The fourth-order valence-electron chi connectivity index (χ4n) is 2.80. The summed E-state index contributed by atoms with van der Waals surface area (Å²) in [5.74, 6) is -0.0846. The Morgan fingerprint density at radius 1 is 1.17 bits per heavy atom. The van der Waals surface area contributed by atoms with Crippen molar-refractivity contribution in [2.45, 2.75) is 44.1 Å². The highest BCUT2D eigenvalue weighted by molar-refractivity contribution is 5.49. The fourth-order valence-corrected chi connectivity index (χ4v) is 2.80. The number of rotatable bonds is 3. The van der Waals surface area contributed by atoms with E-state index in [4.69, 9.17) is 5.73 Å². The highest BCUT2D eigenvalue weighted by Gasteiger charge is 2.38. The summed E-state index contributed by atoms with van der Waals surface area (Å²) in [6.45, 7) is 1.97. The molecule has 1 aliphatic heterocycles. The highest BCUT2D eigenvalue weighted by atomic mass is 19.1. The molecule has 18 heavy (non-hydrogen) atoms. The van der Waals surface area contributed by atoms with Crippen LogP contribution >= 0.6 is 0 Å². The molecule has 98 valence electrons. The Labute approximate surface area is 108 Å². The quantitative estimate of drug-likeness (QED) is 0.891. The third kappa shape index (κ3) is 2.51. The van der Waals surface area contributed by atoms with Gasteiger partial charge < -0.3 is 10.6 Å². The predicted octanol–water partition coefficient (Wildman–Crippen LogP) is 2.85. The van der Waals surface area contributed by atoms with Crippen LogP contribution in [0.3, 0.4) is 0 Å². The van der Waals surface area contributed by atoms with E-state index in [9.17, 15) is 4.39 Å². The van der Waals surface area contributed by atoms with Crippen molar-refractivity contribution >= 4 is 5.69 Å². The maximum Gasteiger partial charge on any atom is 0.146 e. The van der Waals surface area contributed by atoms with E-state index in [1.807, 2.05) is 12.1 Å². The molecule has 1 heterocycles.